The van der Waals surface area contributed by atoms with Crippen LogP contribution in [-0.4, -0.2) is 49.5 Å². The summed E-state index contributed by atoms with van der Waals surface area (Å²) < 4.78 is 40.3. The van der Waals surface area contributed by atoms with Crippen molar-refractivity contribution < 1.29 is 22.4 Å². The van der Waals surface area contributed by atoms with Crippen molar-refractivity contribution in [1.29, 1.82) is 0 Å². The second kappa shape index (κ2) is 11.3. The van der Waals surface area contributed by atoms with Gasteiger partial charge in [-0.3, -0.25) is 13.9 Å². The highest BCUT2D eigenvalue weighted by molar-refractivity contribution is 9.10. The van der Waals surface area contributed by atoms with Crippen molar-refractivity contribution in [2.24, 2.45) is 0 Å². The molecule has 2 aromatic carbocycles. The minimum atomic E-state index is -3.80. The number of halogens is 2. The molecular formula is C24H31BrFN3O4S. The maximum absolute atomic E-state index is 13.5. The molecule has 2 rings (SSSR count). The molecule has 1 N–H and O–H groups in total. The highest BCUT2D eigenvalue weighted by Crippen LogP contribution is 2.22. The van der Waals surface area contributed by atoms with E-state index >= 15 is 0 Å². The summed E-state index contributed by atoms with van der Waals surface area (Å²) in [6.45, 7) is 6.82. The predicted molar refractivity (Wildman–Crippen MR) is 135 cm³/mol. The summed E-state index contributed by atoms with van der Waals surface area (Å²) in [5.74, 6) is -1.31. The van der Waals surface area contributed by atoms with Gasteiger partial charge in [0.15, 0.2) is 0 Å². The molecule has 1 unspecified atom stereocenters. The molecule has 10 heteroatoms. The summed E-state index contributed by atoms with van der Waals surface area (Å²) in [6.07, 6.45) is 1.34. The van der Waals surface area contributed by atoms with Gasteiger partial charge in [-0.15, -0.1) is 0 Å². The van der Waals surface area contributed by atoms with E-state index in [0.717, 1.165) is 15.0 Å². The molecule has 2 amide bonds. The van der Waals surface area contributed by atoms with Crippen molar-refractivity contribution in [1.82, 2.24) is 10.2 Å². The van der Waals surface area contributed by atoms with Crippen LogP contribution in [0.1, 0.15) is 39.7 Å². The maximum Gasteiger partial charge on any atom is 0.244 e. The Morgan fingerprint density at radius 2 is 1.62 bits per heavy atom. The van der Waals surface area contributed by atoms with Crippen LogP contribution in [0.5, 0.6) is 0 Å². The van der Waals surface area contributed by atoms with Gasteiger partial charge in [-0.05, 0) is 69.2 Å². The second-order valence-corrected chi connectivity index (χ2v) is 11.9. The number of hydrogen-bond acceptors (Lipinski definition) is 4. The van der Waals surface area contributed by atoms with Gasteiger partial charge >= 0.3 is 0 Å². The molecule has 0 fully saturated rings. The molecule has 7 nitrogen and oxygen atoms in total. The first-order valence-corrected chi connectivity index (χ1v) is 13.4. The van der Waals surface area contributed by atoms with Gasteiger partial charge in [0, 0.05) is 16.6 Å². The van der Waals surface area contributed by atoms with Crippen LogP contribution >= 0.6 is 15.9 Å². The Kier molecular flexibility index (Phi) is 9.24. The van der Waals surface area contributed by atoms with Gasteiger partial charge in [0.1, 0.15) is 18.4 Å². The molecule has 0 aliphatic heterocycles. The van der Waals surface area contributed by atoms with Crippen LogP contribution in [0.15, 0.2) is 53.0 Å². The average Bonchev–Trinajstić information content (AvgIpc) is 2.72. The fourth-order valence-electron chi connectivity index (χ4n) is 3.38. The predicted octanol–water partition coefficient (Wildman–Crippen LogP) is 4.08. The summed E-state index contributed by atoms with van der Waals surface area (Å²) in [6, 6.07) is 11.3. The highest BCUT2D eigenvalue weighted by atomic mass is 79.9. The Hall–Kier alpha value is -2.46. The van der Waals surface area contributed by atoms with Crippen molar-refractivity contribution in [3.63, 3.8) is 0 Å². The first-order chi connectivity index (χ1) is 15.7. The number of benzene rings is 2. The van der Waals surface area contributed by atoms with E-state index in [9.17, 15) is 22.4 Å². The molecule has 34 heavy (non-hydrogen) atoms. The SMILES string of the molecule is CCC(C(=O)NC(C)(C)C)N(Cc1ccc(F)cc1)C(=O)CN(c1ccc(Br)cc1)S(C)(=O)=O. The Bertz CT molecular complexity index is 1100. The molecule has 0 bridgehead atoms. The fraction of sp³-hybridized carbons (Fsp3) is 0.417. The first kappa shape index (κ1) is 27.8. The molecule has 2 aromatic rings. The first-order valence-electron chi connectivity index (χ1n) is 10.8. The largest absolute Gasteiger partial charge is 0.350 e. The maximum atomic E-state index is 13.5. The molecule has 186 valence electrons. The van der Waals surface area contributed by atoms with Gasteiger partial charge in [-0.1, -0.05) is 35.0 Å². The number of anilines is 1. The Labute approximate surface area is 209 Å². The molecule has 0 aromatic heterocycles. The molecule has 1 atom stereocenters. The van der Waals surface area contributed by atoms with E-state index in [-0.39, 0.29) is 12.5 Å². The van der Waals surface area contributed by atoms with E-state index in [0.29, 0.717) is 17.7 Å². The molecule has 0 radical (unpaired) electrons. The Morgan fingerprint density at radius 3 is 2.09 bits per heavy atom. The smallest absolute Gasteiger partial charge is 0.244 e. The molecule has 0 heterocycles. The molecule has 0 spiro atoms. The number of carbonyl (C=O) groups excluding carboxylic acids is 2. The van der Waals surface area contributed by atoms with Crippen LogP contribution in [-0.2, 0) is 26.2 Å². The lowest BCUT2D eigenvalue weighted by atomic mass is 10.1. The average molecular weight is 556 g/mol. The standard InChI is InChI=1S/C24H31BrFN3O4S/c1-6-21(23(31)27-24(2,3)4)28(15-17-7-11-19(26)12-8-17)22(30)16-29(34(5,32)33)20-13-9-18(25)10-14-20/h7-14,21H,6,15-16H2,1-5H3,(H,27,31). The Morgan fingerprint density at radius 1 is 1.06 bits per heavy atom. The van der Waals surface area contributed by atoms with Crippen molar-refractivity contribution in [2.75, 3.05) is 17.1 Å². The number of amides is 2. The van der Waals surface area contributed by atoms with Gasteiger partial charge < -0.3 is 10.2 Å². The van der Waals surface area contributed by atoms with Crippen LogP contribution in [0.4, 0.5) is 10.1 Å². The molecule has 0 aliphatic rings. The summed E-state index contributed by atoms with van der Waals surface area (Å²) in [7, 11) is -3.80. The molecule has 0 aliphatic carbocycles. The van der Waals surface area contributed by atoms with E-state index in [1.54, 1.807) is 31.2 Å². The van der Waals surface area contributed by atoms with Gasteiger partial charge in [0.05, 0.1) is 11.9 Å². The quantitative estimate of drug-likeness (QED) is 0.505. The molecular weight excluding hydrogens is 525 g/mol. The zero-order chi connectivity index (χ0) is 25.7. The third kappa shape index (κ3) is 8.09. The van der Waals surface area contributed by atoms with Gasteiger partial charge in [-0.25, -0.2) is 12.8 Å². The lowest BCUT2D eigenvalue weighted by Crippen LogP contribution is -2.55. The van der Waals surface area contributed by atoms with Crippen LogP contribution in [0, 0.1) is 5.82 Å². The van der Waals surface area contributed by atoms with E-state index in [2.05, 4.69) is 21.2 Å². The van der Waals surface area contributed by atoms with Crippen molar-refractivity contribution in [2.45, 2.75) is 52.2 Å². The fourth-order valence-corrected chi connectivity index (χ4v) is 4.49. The number of hydrogen-bond donors (Lipinski definition) is 1. The minimum Gasteiger partial charge on any atom is -0.350 e. The van der Waals surface area contributed by atoms with Crippen molar-refractivity contribution in [3.8, 4) is 0 Å². The van der Waals surface area contributed by atoms with Gasteiger partial charge in [-0.2, -0.15) is 0 Å². The summed E-state index contributed by atoms with van der Waals surface area (Å²) in [5, 5.41) is 2.89. The van der Waals surface area contributed by atoms with Crippen LogP contribution < -0.4 is 9.62 Å². The van der Waals surface area contributed by atoms with Gasteiger partial charge in [0.2, 0.25) is 21.8 Å². The van der Waals surface area contributed by atoms with E-state index in [1.807, 2.05) is 20.8 Å². The summed E-state index contributed by atoms with van der Waals surface area (Å²) in [4.78, 5) is 28.0. The zero-order valence-corrected chi connectivity index (χ0v) is 22.4. The summed E-state index contributed by atoms with van der Waals surface area (Å²) >= 11 is 3.32. The number of rotatable bonds is 9. The number of nitrogens with zero attached hydrogens (tertiary/aromatic N) is 2. The number of nitrogens with one attached hydrogen (secondary N) is 1. The third-order valence-electron chi connectivity index (χ3n) is 4.94. The van der Waals surface area contributed by atoms with E-state index in [4.69, 9.17) is 0 Å². The van der Waals surface area contributed by atoms with Crippen LogP contribution in [0.25, 0.3) is 0 Å². The molecule has 0 saturated carbocycles. The lowest BCUT2D eigenvalue weighted by Gasteiger charge is -2.34. The topological polar surface area (TPSA) is 86.8 Å². The summed E-state index contributed by atoms with van der Waals surface area (Å²) in [5.41, 5.74) is 0.421. The number of carbonyl (C=O) groups is 2. The highest BCUT2D eigenvalue weighted by Gasteiger charge is 2.33. The second-order valence-electron chi connectivity index (χ2n) is 9.06. The van der Waals surface area contributed by atoms with E-state index < -0.39 is 39.9 Å². The van der Waals surface area contributed by atoms with Gasteiger partial charge in [0.25, 0.3) is 0 Å². The monoisotopic (exact) mass is 555 g/mol. The van der Waals surface area contributed by atoms with Crippen LogP contribution in [0.2, 0.25) is 0 Å². The number of sulfonamides is 1. The normalized spacial score (nSPS) is 12.7. The zero-order valence-electron chi connectivity index (χ0n) is 20.0. The van der Waals surface area contributed by atoms with E-state index in [1.165, 1.54) is 29.2 Å². The third-order valence-corrected chi connectivity index (χ3v) is 6.61. The minimum absolute atomic E-state index is 0.0210. The van der Waals surface area contributed by atoms with Crippen LogP contribution in [0.3, 0.4) is 0 Å². The lowest BCUT2D eigenvalue weighted by molar-refractivity contribution is -0.141. The van der Waals surface area contributed by atoms with Crippen molar-refractivity contribution in [3.05, 3.63) is 64.4 Å². The Balaban J connectivity index is 2.43. The molecule has 0 saturated heterocycles. The van der Waals surface area contributed by atoms with Crippen molar-refractivity contribution >= 4 is 43.5 Å².